The van der Waals surface area contributed by atoms with E-state index in [1.54, 1.807) is 4.68 Å². The Morgan fingerprint density at radius 1 is 1.21 bits per heavy atom. The summed E-state index contributed by atoms with van der Waals surface area (Å²) in [6.07, 6.45) is 2.76. The number of nitrogens with zero attached hydrogens (tertiary/aromatic N) is 5. The van der Waals surface area contributed by atoms with Gasteiger partial charge in [-0.2, -0.15) is 0 Å². The average molecular weight is 390 g/mol. The largest absolute Gasteiger partial charge is 0.348 e. The number of pyridine rings is 1. The Morgan fingerprint density at radius 3 is 2.83 bits per heavy atom. The highest BCUT2D eigenvalue weighted by atomic mass is 16.2. The molecule has 7 heteroatoms. The third kappa shape index (κ3) is 4.05. The molecule has 3 aromatic rings. The van der Waals surface area contributed by atoms with Gasteiger partial charge in [0.15, 0.2) is 5.69 Å². The maximum Gasteiger partial charge on any atom is 0.273 e. The molecule has 7 nitrogen and oxygen atoms in total. The lowest BCUT2D eigenvalue weighted by Crippen LogP contribution is -2.31. The summed E-state index contributed by atoms with van der Waals surface area (Å²) in [5, 5.41) is 11.3. The molecule has 1 amide bonds. The summed E-state index contributed by atoms with van der Waals surface area (Å²) in [5.41, 5.74) is 5.78. The number of hydrogen-bond acceptors (Lipinski definition) is 5. The summed E-state index contributed by atoms with van der Waals surface area (Å²) >= 11 is 0. The summed E-state index contributed by atoms with van der Waals surface area (Å²) in [4.78, 5) is 19.2. The molecule has 0 radical (unpaired) electrons. The van der Waals surface area contributed by atoms with Crippen LogP contribution in [0.5, 0.6) is 0 Å². The number of carbonyl (C=O) groups is 1. The van der Waals surface area contributed by atoms with E-state index in [0.29, 0.717) is 5.69 Å². The van der Waals surface area contributed by atoms with Crippen LogP contribution in [0.15, 0.2) is 42.6 Å². The summed E-state index contributed by atoms with van der Waals surface area (Å²) in [6.45, 7) is 8.42. The van der Waals surface area contributed by atoms with E-state index in [9.17, 15) is 4.79 Å². The van der Waals surface area contributed by atoms with Crippen molar-refractivity contribution in [2.75, 3.05) is 6.54 Å². The molecule has 0 saturated carbocycles. The molecule has 0 bridgehead atoms. The Labute approximate surface area is 170 Å². The van der Waals surface area contributed by atoms with Gasteiger partial charge in [0.2, 0.25) is 0 Å². The maximum atomic E-state index is 12.4. The SMILES string of the molecule is Cc1c(C(=O)NC(C)C)nnn1-c1cccc2c1CCN(Cc1ccccn1)C2. The third-order valence-electron chi connectivity index (χ3n) is 5.19. The molecule has 2 aromatic heterocycles. The first-order valence-electron chi connectivity index (χ1n) is 9.99. The maximum absolute atomic E-state index is 12.4. The van der Waals surface area contributed by atoms with Crippen molar-refractivity contribution in [3.63, 3.8) is 0 Å². The molecule has 150 valence electrons. The van der Waals surface area contributed by atoms with Crippen molar-refractivity contribution in [3.8, 4) is 5.69 Å². The van der Waals surface area contributed by atoms with Gasteiger partial charge in [0.1, 0.15) is 0 Å². The fourth-order valence-corrected chi connectivity index (χ4v) is 3.80. The number of benzene rings is 1. The molecule has 0 fully saturated rings. The number of nitrogens with one attached hydrogen (secondary N) is 1. The predicted octanol–water partition coefficient (Wildman–Crippen LogP) is 2.67. The molecular formula is C22H26N6O. The van der Waals surface area contributed by atoms with Crippen molar-refractivity contribution in [1.29, 1.82) is 0 Å². The Bertz CT molecular complexity index is 1010. The molecule has 1 aliphatic heterocycles. The van der Waals surface area contributed by atoms with Crippen molar-refractivity contribution in [2.24, 2.45) is 0 Å². The molecule has 0 atom stereocenters. The van der Waals surface area contributed by atoms with Gasteiger partial charge in [-0.15, -0.1) is 5.10 Å². The Kier molecular flexibility index (Phi) is 5.40. The lowest BCUT2D eigenvalue weighted by Gasteiger charge is -2.29. The van der Waals surface area contributed by atoms with E-state index in [1.807, 2.05) is 45.2 Å². The molecule has 1 aliphatic rings. The predicted molar refractivity (Wildman–Crippen MR) is 111 cm³/mol. The summed E-state index contributed by atoms with van der Waals surface area (Å²) < 4.78 is 1.79. The molecule has 0 aliphatic carbocycles. The van der Waals surface area contributed by atoms with Gasteiger partial charge in [-0.25, -0.2) is 4.68 Å². The lowest BCUT2D eigenvalue weighted by atomic mass is 9.97. The Balaban J connectivity index is 1.58. The van der Waals surface area contributed by atoms with Crippen molar-refractivity contribution < 1.29 is 4.79 Å². The zero-order valence-electron chi connectivity index (χ0n) is 17.1. The van der Waals surface area contributed by atoms with Crippen LogP contribution in [0.25, 0.3) is 5.69 Å². The van der Waals surface area contributed by atoms with Crippen LogP contribution in [0.4, 0.5) is 0 Å². The van der Waals surface area contributed by atoms with Crippen LogP contribution in [0.1, 0.15) is 46.9 Å². The van der Waals surface area contributed by atoms with Gasteiger partial charge in [-0.05, 0) is 56.5 Å². The normalized spacial score (nSPS) is 14.1. The van der Waals surface area contributed by atoms with Crippen LogP contribution in [0, 0.1) is 6.92 Å². The second-order valence-corrected chi connectivity index (χ2v) is 7.76. The number of aromatic nitrogens is 4. The molecule has 1 N–H and O–H groups in total. The standard InChI is InChI=1S/C22H26N6O/c1-15(2)24-22(29)21-16(3)28(26-25-21)20-9-6-7-17-13-27(12-10-19(17)20)14-18-8-4-5-11-23-18/h4-9,11,15H,10,12-14H2,1-3H3,(H,24,29). The van der Waals surface area contributed by atoms with Crippen LogP contribution in [0.3, 0.4) is 0 Å². The summed E-state index contributed by atoms with van der Waals surface area (Å²) in [5.74, 6) is -0.185. The lowest BCUT2D eigenvalue weighted by molar-refractivity contribution is 0.0937. The third-order valence-corrected chi connectivity index (χ3v) is 5.19. The molecule has 1 aromatic carbocycles. The highest BCUT2D eigenvalue weighted by Crippen LogP contribution is 2.26. The van der Waals surface area contributed by atoms with E-state index >= 15 is 0 Å². The van der Waals surface area contributed by atoms with Gasteiger partial charge in [0, 0.05) is 31.9 Å². The number of rotatable bonds is 5. The molecule has 0 saturated heterocycles. The van der Waals surface area contributed by atoms with Crippen molar-refractivity contribution in [3.05, 3.63) is 70.8 Å². The second-order valence-electron chi connectivity index (χ2n) is 7.76. The van der Waals surface area contributed by atoms with Gasteiger partial charge in [0.05, 0.1) is 17.1 Å². The minimum Gasteiger partial charge on any atom is -0.348 e. The number of hydrogen-bond donors (Lipinski definition) is 1. The second kappa shape index (κ2) is 8.13. The molecule has 3 heterocycles. The zero-order chi connectivity index (χ0) is 20.4. The minimum atomic E-state index is -0.185. The van der Waals surface area contributed by atoms with Crippen molar-refractivity contribution >= 4 is 5.91 Å². The van der Waals surface area contributed by atoms with Crippen LogP contribution in [-0.2, 0) is 19.5 Å². The van der Waals surface area contributed by atoms with E-state index in [2.05, 4.69) is 43.7 Å². The van der Waals surface area contributed by atoms with Crippen LogP contribution >= 0.6 is 0 Å². The number of amides is 1. The molecular weight excluding hydrogens is 364 g/mol. The number of carbonyl (C=O) groups excluding carboxylic acids is 1. The molecule has 0 unspecified atom stereocenters. The van der Waals surface area contributed by atoms with E-state index in [4.69, 9.17) is 0 Å². The van der Waals surface area contributed by atoms with E-state index in [0.717, 1.165) is 43.1 Å². The quantitative estimate of drug-likeness (QED) is 0.725. The molecule has 0 spiro atoms. The fraction of sp³-hybridized carbons (Fsp3) is 0.364. The first kappa shape index (κ1) is 19.3. The van der Waals surface area contributed by atoms with E-state index in [-0.39, 0.29) is 11.9 Å². The van der Waals surface area contributed by atoms with E-state index < -0.39 is 0 Å². The van der Waals surface area contributed by atoms with Crippen molar-refractivity contribution in [2.45, 2.75) is 46.3 Å². The fourth-order valence-electron chi connectivity index (χ4n) is 3.80. The van der Waals surface area contributed by atoms with Gasteiger partial charge in [-0.3, -0.25) is 14.7 Å². The Morgan fingerprint density at radius 2 is 2.07 bits per heavy atom. The highest BCUT2D eigenvalue weighted by molar-refractivity contribution is 5.93. The number of fused-ring (bicyclic) bond motifs is 1. The van der Waals surface area contributed by atoms with E-state index in [1.165, 1.54) is 11.1 Å². The smallest absolute Gasteiger partial charge is 0.273 e. The van der Waals surface area contributed by atoms with Gasteiger partial charge >= 0.3 is 0 Å². The van der Waals surface area contributed by atoms with Gasteiger partial charge in [0.25, 0.3) is 5.91 Å². The molecule has 29 heavy (non-hydrogen) atoms. The van der Waals surface area contributed by atoms with Crippen LogP contribution < -0.4 is 5.32 Å². The van der Waals surface area contributed by atoms with Crippen LogP contribution in [-0.4, -0.2) is 43.4 Å². The molecule has 4 rings (SSSR count). The topological polar surface area (TPSA) is 75.9 Å². The van der Waals surface area contributed by atoms with Crippen LogP contribution in [0.2, 0.25) is 0 Å². The summed E-state index contributed by atoms with van der Waals surface area (Å²) in [7, 11) is 0. The zero-order valence-corrected chi connectivity index (χ0v) is 17.1. The minimum absolute atomic E-state index is 0.0571. The summed E-state index contributed by atoms with van der Waals surface area (Å²) in [6, 6.07) is 12.4. The monoisotopic (exact) mass is 390 g/mol. The first-order valence-corrected chi connectivity index (χ1v) is 9.99. The van der Waals surface area contributed by atoms with Crippen molar-refractivity contribution in [1.82, 2.24) is 30.2 Å². The average Bonchev–Trinajstić information content (AvgIpc) is 3.09. The first-order chi connectivity index (χ1) is 14.0. The Hall–Kier alpha value is -3.06. The van der Waals surface area contributed by atoms with Gasteiger partial charge in [-0.1, -0.05) is 23.4 Å². The van der Waals surface area contributed by atoms with Gasteiger partial charge < -0.3 is 5.32 Å². The highest BCUT2D eigenvalue weighted by Gasteiger charge is 2.23.